The Bertz CT molecular complexity index is 786. The molecule has 2 aliphatic heterocycles. The molecule has 8 heteroatoms. The van der Waals surface area contributed by atoms with Crippen molar-refractivity contribution < 1.29 is 27.8 Å². The number of hydrogen-bond donors (Lipinski definition) is 0. The van der Waals surface area contributed by atoms with Crippen molar-refractivity contribution in [1.82, 2.24) is 9.80 Å². The number of amides is 1. The highest BCUT2D eigenvalue weighted by Crippen LogP contribution is 2.45. The molecule has 1 spiro atoms. The van der Waals surface area contributed by atoms with Crippen molar-refractivity contribution in [1.29, 1.82) is 0 Å². The van der Waals surface area contributed by atoms with E-state index in [-0.39, 0.29) is 19.0 Å². The van der Waals surface area contributed by atoms with Crippen LogP contribution in [0.5, 0.6) is 5.75 Å². The fourth-order valence-electron chi connectivity index (χ4n) is 4.68. The number of carbonyl (C=O) groups is 2. The second-order valence-electron chi connectivity index (χ2n) is 7.96. The predicted molar refractivity (Wildman–Crippen MR) is 103 cm³/mol. The first-order chi connectivity index (χ1) is 13.7. The van der Waals surface area contributed by atoms with Crippen LogP contribution in [0.2, 0.25) is 0 Å². The molecule has 29 heavy (non-hydrogen) atoms. The van der Waals surface area contributed by atoms with Gasteiger partial charge < -0.3 is 14.4 Å². The zero-order chi connectivity index (χ0) is 21.2. The first-order valence-corrected chi connectivity index (χ1v) is 9.88. The van der Waals surface area contributed by atoms with Gasteiger partial charge in [-0.15, -0.1) is 0 Å². The molecule has 0 radical (unpaired) electrons. The van der Waals surface area contributed by atoms with Crippen LogP contribution in [-0.2, 0) is 16.1 Å². The average molecular weight is 410 g/mol. The molecule has 1 aromatic carbocycles. The maximum absolute atomic E-state index is 14.7. The topological polar surface area (TPSA) is 59.1 Å². The fourth-order valence-corrected chi connectivity index (χ4v) is 4.68. The van der Waals surface area contributed by atoms with Crippen LogP contribution in [0.4, 0.5) is 8.78 Å². The molecule has 1 aromatic rings. The minimum Gasteiger partial charge on any atom is -0.496 e. The zero-order valence-corrected chi connectivity index (χ0v) is 17.2. The van der Waals surface area contributed by atoms with Crippen molar-refractivity contribution in [3.63, 3.8) is 0 Å². The zero-order valence-electron chi connectivity index (χ0n) is 17.2. The van der Waals surface area contributed by atoms with Gasteiger partial charge in [-0.1, -0.05) is 0 Å². The maximum atomic E-state index is 14.7. The standard InChI is InChI=1S/C21H28F2N2O4/c1-4-25-9-5-8-20(19(25)27)12-21(22,23)14-24(13-20)11-16-10-15(18(26)29-3)6-7-17(16)28-2/h6-7,10H,4-5,8-9,11-14H2,1-3H3/t20-/m0/s1. The lowest BCUT2D eigenvalue weighted by molar-refractivity contribution is -0.170. The summed E-state index contributed by atoms with van der Waals surface area (Å²) in [6.45, 7) is 3.02. The highest BCUT2D eigenvalue weighted by molar-refractivity contribution is 5.89. The molecule has 2 heterocycles. The van der Waals surface area contributed by atoms with Crippen LogP contribution in [0, 0.1) is 5.41 Å². The van der Waals surface area contributed by atoms with Gasteiger partial charge in [0.15, 0.2) is 0 Å². The lowest BCUT2D eigenvalue weighted by atomic mass is 9.71. The minimum atomic E-state index is -2.96. The highest BCUT2D eigenvalue weighted by Gasteiger charge is 2.54. The molecule has 2 fully saturated rings. The summed E-state index contributed by atoms with van der Waals surface area (Å²) in [7, 11) is 2.78. The molecule has 0 N–H and O–H groups in total. The molecule has 0 aromatic heterocycles. The third-order valence-electron chi connectivity index (χ3n) is 5.88. The van der Waals surface area contributed by atoms with Crippen molar-refractivity contribution in [2.24, 2.45) is 5.41 Å². The van der Waals surface area contributed by atoms with Crippen molar-refractivity contribution in [2.45, 2.75) is 38.7 Å². The molecule has 0 aliphatic carbocycles. The van der Waals surface area contributed by atoms with E-state index < -0.39 is 30.3 Å². The number of ether oxygens (including phenoxy) is 2. The van der Waals surface area contributed by atoms with E-state index in [0.717, 1.165) is 6.42 Å². The van der Waals surface area contributed by atoms with Gasteiger partial charge in [0.25, 0.3) is 5.92 Å². The van der Waals surface area contributed by atoms with E-state index in [4.69, 9.17) is 9.47 Å². The number of nitrogens with zero attached hydrogens (tertiary/aromatic N) is 2. The van der Waals surface area contributed by atoms with Gasteiger partial charge in [-0.25, -0.2) is 13.6 Å². The summed E-state index contributed by atoms with van der Waals surface area (Å²) in [6.07, 6.45) is 0.781. The van der Waals surface area contributed by atoms with Crippen molar-refractivity contribution in [3.05, 3.63) is 29.3 Å². The number of carbonyl (C=O) groups excluding carboxylic acids is 2. The van der Waals surface area contributed by atoms with Gasteiger partial charge in [0.1, 0.15) is 5.75 Å². The fraction of sp³-hybridized carbons (Fsp3) is 0.619. The molecular weight excluding hydrogens is 382 g/mol. The van der Waals surface area contributed by atoms with E-state index >= 15 is 0 Å². The quantitative estimate of drug-likeness (QED) is 0.699. The van der Waals surface area contributed by atoms with E-state index in [1.807, 2.05) is 6.92 Å². The third kappa shape index (κ3) is 4.37. The molecule has 160 valence electrons. The Morgan fingerprint density at radius 2 is 2.00 bits per heavy atom. The van der Waals surface area contributed by atoms with Crippen LogP contribution in [-0.4, -0.2) is 68.0 Å². The third-order valence-corrected chi connectivity index (χ3v) is 5.88. The van der Waals surface area contributed by atoms with E-state index in [1.54, 1.807) is 28.0 Å². The van der Waals surface area contributed by atoms with E-state index in [9.17, 15) is 18.4 Å². The van der Waals surface area contributed by atoms with Gasteiger partial charge in [0.2, 0.25) is 5.91 Å². The summed E-state index contributed by atoms with van der Waals surface area (Å²) in [5, 5.41) is 0. The number of esters is 1. The van der Waals surface area contributed by atoms with Gasteiger partial charge in [-0.3, -0.25) is 9.69 Å². The van der Waals surface area contributed by atoms with Crippen LogP contribution >= 0.6 is 0 Å². The molecule has 0 saturated carbocycles. The lowest BCUT2D eigenvalue weighted by Gasteiger charge is -2.49. The van der Waals surface area contributed by atoms with Crippen LogP contribution in [0.15, 0.2) is 18.2 Å². The summed E-state index contributed by atoms with van der Waals surface area (Å²) >= 11 is 0. The van der Waals surface area contributed by atoms with E-state index in [2.05, 4.69) is 0 Å². The summed E-state index contributed by atoms with van der Waals surface area (Å²) < 4.78 is 39.5. The summed E-state index contributed by atoms with van der Waals surface area (Å²) in [6, 6.07) is 4.80. The van der Waals surface area contributed by atoms with Crippen molar-refractivity contribution in [3.8, 4) is 5.75 Å². The molecular formula is C21H28F2N2O4. The first kappa shape index (κ1) is 21.5. The summed E-state index contributed by atoms with van der Waals surface area (Å²) in [5.41, 5.74) is -0.130. The number of benzene rings is 1. The van der Waals surface area contributed by atoms with Gasteiger partial charge in [-0.05, 0) is 38.0 Å². The Hall–Kier alpha value is -2.22. The van der Waals surface area contributed by atoms with Crippen molar-refractivity contribution >= 4 is 11.9 Å². The minimum absolute atomic E-state index is 0.157. The number of rotatable bonds is 5. The number of piperidine rings is 2. The van der Waals surface area contributed by atoms with Crippen LogP contribution in [0.1, 0.15) is 42.1 Å². The van der Waals surface area contributed by atoms with Crippen LogP contribution in [0.25, 0.3) is 0 Å². The molecule has 2 saturated heterocycles. The average Bonchev–Trinajstić information content (AvgIpc) is 2.68. The van der Waals surface area contributed by atoms with E-state index in [0.29, 0.717) is 36.4 Å². The Labute approximate surface area is 169 Å². The SMILES string of the molecule is CCN1CCC[C@]2(CN(Cc3cc(C(=O)OC)ccc3OC)CC(F)(F)C2)C1=O. The predicted octanol–water partition coefficient (Wildman–Crippen LogP) is 2.95. The number of methoxy groups -OCH3 is 2. The molecule has 6 nitrogen and oxygen atoms in total. The lowest BCUT2D eigenvalue weighted by Crippen LogP contribution is -2.60. The van der Waals surface area contributed by atoms with Gasteiger partial charge in [0, 0.05) is 38.2 Å². The summed E-state index contributed by atoms with van der Waals surface area (Å²) in [4.78, 5) is 28.2. The highest BCUT2D eigenvalue weighted by atomic mass is 19.3. The Balaban J connectivity index is 1.89. The molecule has 3 rings (SSSR count). The Morgan fingerprint density at radius 1 is 1.24 bits per heavy atom. The van der Waals surface area contributed by atoms with Gasteiger partial charge in [0.05, 0.1) is 31.7 Å². The monoisotopic (exact) mass is 410 g/mol. The molecule has 0 unspecified atom stereocenters. The number of halogens is 2. The number of hydrogen-bond acceptors (Lipinski definition) is 5. The Kier molecular flexibility index (Phi) is 6.12. The normalized spacial score (nSPS) is 24.6. The smallest absolute Gasteiger partial charge is 0.337 e. The molecule has 2 aliphatic rings. The largest absolute Gasteiger partial charge is 0.496 e. The first-order valence-electron chi connectivity index (χ1n) is 9.88. The molecule has 0 bridgehead atoms. The van der Waals surface area contributed by atoms with Gasteiger partial charge in [-0.2, -0.15) is 0 Å². The number of alkyl halides is 2. The Morgan fingerprint density at radius 3 is 2.66 bits per heavy atom. The second kappa shape index (κ2) is 8.26. The van der Waals surface area contributed by atoms with Crippen molar-refractivity contribution in [2.75, 3.05) is 40.4 Å². The molecule has 1 atom stereocenters. The van der Waals surface area contributed by atoms with Crippen LogP contribution in [0.3, 0.4) is 0 Å². The maximum Gasteiger partial charge on any atom is 0.337 e. The molecule has 1 amide bonds. The second-order valence-corrected chi connectivity index (χ2v) is 7.96. The number of likely N-dealkylation sites (tertiary alicyclic amines) is 2. The van der Waals surface area contributed by atoms with E-state index in [1.165, 1.54) is 14.2 Å². The summed E-state index contributed by atoms with van der Waals surface area (Å²) in [5.74, 6) is -3.13. The van der Waals surface area contributed by atoms with Gasteiger partial charge >= 0.3 is 5.97 Å². The van der Waals surface area contributed by atoms with Crippen LogP contribution < -0.4 is 4.74 Å².